The van der Waals surface area contributed by atoms with Crippen LogP contribution >= 0.6 is 11.8 Å². The maximum Gasteiger partial charge on any atom is 0.144 e. The zero-order chi connectivity index (χ0) is 11.1. The Morgan fingerprint density at radius 3 is 3.13 bits per heavy atom. The zero-order valence-electron chi connectivity index (χ0n) is 8.81. The molecular formula is C11H15N3S. The average molecular weight is 221 g/mol. The van der Waals surface area contributed by atoms with Crippen molar-refractivity contribution < 1.29 is 0 Å². The average Bonchev–Trinajstić information content (AvgIpc) is 2.27. The molecule has 0 aliphatic heterocycles. The van der Waals surface area contributed by atoms with Crippen LogP contribution in [0.3, 0.4) is 0 Å². The Balaban J connectivity index is 2.54. The number of thioether (sulfide) groups is 1. The van der Waals surface area contributed by atoms with Gasteiger partial charge in [-0.15, -0.1) is 0 Å². The molecule has 1 heterocycles. The number of nitrogens with two attached hydrogens (primary N) is 1. The second-order valence-corrected chi connectivity index (χ2v) is 4.75. The minimum Gasteiger partial charge on any atom is -0.330 e. The predicted molar refractivity (Wildman–Crippen MR) is 63.4 cm³/mol. The molecule has 0 aliphatic carbocycles. The third kappa shape index (κ3) is 3.90. The molecule has 1 aromatic rings. The van der Waals surface area contributed by atoms with Gasteiger partial charge in [0.2, 0.25) is 0 Å². The van der Waals surface area contributed by atoms with Crippen molar-refractivity contribution in [2.24, 2.45) is 5.73 Å². The Labute approximate surface area is 94.7 Å². The van der Waals surface area contributed by atoms with E-state index < -0.39 is 0 Å². The molecule has 1 rings (SSSR count). The molecule has 0 aliphatic rings. The van der Waals surface area contributed by atoms with E-state index in [0.29, 0.717) is 17.5 Å². The van der Waals surface area contributed by atoms with Crippen molar-refractivity contribution in [1.29, 1.82) is 5.26 Å². The lowest BCUT2D eigenvalue weighted by Crippen LogP contribution is -2.07. The normalized spacial score (nSPS) is 12.1. The fourth-order valence-corrected chi connectivity index (χ4v) is 2.21. The van der Waals surface area contributed by atoms with Gasteiger partial charge in [-0.3, -0.25) is 0 Å². The monoisotopic (exact) mass is 221 g/mol. The number of hydrogen-bond donors (Lipinski definition) is 1. The Morgan fingerprint density at radius 2 is 2.47 bits per heavy atom. The first-order valence-corrected chi connectivity index (χ1v) is 5.98. The van der Waals surface area contributed by atoms with Gasteiger partial charge in [0, 0.05) is 17.2 Å². The highest BCUT2D eigenvalue weighted by Gasteiger charge is 2.05. The SMILES string of the molecule is CC(CCN)SCc1cccnc1C#N. The van der Waals surface area contributed by atoms with Crippen LogP contribution in [0.1, 0.15) is 24.6 Å². The molecule has 0 amide bonds. The molecule has 80 valence electrons. The number of hydrogen-bond acceptors (Lipinski definition) is 4. The minimum absolute atomic E-state index is 0.529. The van der Waals surface area contributed by atoms with E-state index in [1.807, 2.05) is 23.9 Å². The van der Waals surface area contributed by atoms with Crippen LogP contribution in [0.25, 0.3) is 0 Å². The fraction of sp³-hybridized carbons (Fsp3) is 0.455. The van der Waals surface area contributed by atoms with Crippen molar-refractivity contribution in [3.63, 3.8) is 0 Å². The third-order valence-electron chi connectivity index (χ3n) is 2.09. The number of pyridine rings is 1. The molecule has 1 aromatic heterocycles. The van der Waals surface area contributed by atoms with E-state index in [1.165, 1.54) is 0 Å². The highest BCUT2D eigenvalue weighted by molar-refractivity contribution is 7.99. The van der Waals surface area contributed by atoms with Crippen molar-refractivity contribution in [2.75, 3.05) is 6.54 Å². The van der Waals surface area contributed by atoms with E-state index >= 15 is 0 Å². The van der Waals surface area contributed by atoms with Gasteiger partial charge in [0.05, 0.1) is 0 Å². The van der Waals surface area contributed by atoms with Crippen molar-refractivity contribution >= 4 is 11.8 Å². The Morgan fingerprint density at radius 1 is 1.67 bits per heavy atom. The van der Waals surface area contributed by atoms with Gasteiger partial charge in [0.25, 0.3) is 0 Å². The maximum absolute atomic E-state index is 8.85. The van der Waals surface area contributed by atoms with Gasteiger partial charge < -0.3 is 5.73 Å². The molecule has 0 saturated heterocycles. The second kappa shape index (κ2) is 6.44. The van der Waals surface area contributed by atoms with Crippen LogP contribution in [0.4, 0.5) is 0 Å². The summed E-state index contributed by atoms with van der Waals surface area (Å²) in [5.74, 6) is 0.831. The lowest BCUT2D eigenvalue weighted by atomic mass is 10.2. The molecule has 3 nitrogen and oxygen atoms in total. The molecule has 0 fully saturated rings. The van der Waals surface area contributed by atoms with E-state index in [4.69, 9.17) is 11.0 Å². The van der Waals surface area contributed by atoms with Gasteiger partial charge in [-0.2, -0.15) is 17.0 Å². The largest absolute Gasteiger partial charge is 0.330 e. The Kier molecular flexibility index (Phi) is 5.16. The summed E-state index contributed by atoms with van der Waals surface area (Å²) in [6, 6.07) is 5.92. The summed E-state index contributed by atoms with van der Waals surface area (Å²) in [6.07, 6.45) is 2.66. The number of nitrogens with zero attached hydrogens (tertiary/aromatic N) is 2. The zero-order valence-corrected chi connectivity index (χ0v) is 9.63. The van der Waals surface area contributed by atoms with Crippen LogP contribution in [0.15, 0.2) is 18.3 Å². The molecule has 0 bridgehead atoms. The van der Waals surface area contributed by atoms with Gasteiger partial charge in [0.1, 0.15) is 11.8 Å². The van der Waals surface area contributed by atoms with Gasteiger partial charge in [-0.25, -0.2) is 4.98 Å². The molecule has 1 atom stereocenters. The summed E-state index contributed by atoms with van der Waals surface area (Å²) in [4.78, 5) is 4.02. The summed E-state index contributed by atoms with van der Waals surface area (Å²) < 4.78 is 0. The first-order valence-electron chi connectivity index (χ1n) is 4.93. The number of rotatable bonds is 5. The smallest absolute Gasteiger partial charge is 0.144 e. The van der Waals surface area contributed by atoms with Crippen LogP contribution in [0, 0.1) is 11.3 Å². The van der Waals surface area contributed by atoms with Crippen LogP contribution in [-0.2, 0) is 5.75 Å². The molecule has 4 heteroatoms. The lowest BCUT2D eigenvalue weighted by molar-refractivity contribution is 0.822. The first kappa shape index (κ1) is 12.0. The van der Waals surface area contributed by atoms with Gasteiger partial charge in [-0.05, 0) is 24.6 Å². The summed E-state index contributed by atoms with van der Waals surface area (Å²) >= 11 is 1.81. The topological polar surface area (TPSA) is 62.7 Å². The molecule has 1 unspecified atom stereocenters. The van der Waals surface area contributed by atoms with Crippen LogP contribution in [0.5, 0.6) is 0 Å². The van der Waals surface area contributed by atoms with Crippen molar-refractivity contribution in [3.05, 3.63) is 29.6 Å². The summed E-state index contributed by atoms with van der Waals surface area (Å²) in [5, 5.41) is 9.37. The molecule has 15 heavy (non-hydrogen) atoms. The van der Waals surface area contributed by atoms with E-state index in [-0.39, 0.29) is 0 Å². The minimum atomic E-state index is 0.529. The Hall–Kier alpha value is -1.05. The quantitative estimate of drug-likeness (QED) is 0.825. The van der Waals surface area contributed by atoms with Crippen LogP contribution in [0.2, 0.25) is 0 Å². The van der Waals surface area contributed by atoms with Crippen molar-refractivity contribution in [1.82, 2.24) is 4.98 Å². The summed E-state index contributed by atoms with van der Waals surface area (Å²) in [5.41, 5.74) is 7.02. The van der Waals surface area contributed by atoms with Gasteiger partial charge in [-0.1, -0.05) is 13.0 Å². The fourth-order valence-electron chi connectivity index (χ4n) is 1.21. The highest BCUT2D eigenvalue weighted by atomic mass is 32.2. The second-order valence-electron chi connectivity index (χ2n) is 3.32. The van der Waals surface area contributed by atoms with Crippen LogP contribution in [-0.4, -0.2) is 16.8 Å². The van der Waals surface area contributed by atoms with E-state index in [1.54, 1.807) is 6.20 Å². The molecular weight excluding hydrogens is 206 g/mol. The molecule has 0 radical (unpaired) electrons. The van der Waals surface area contributed by atoms with E-state index in [9.17, 15) is 0 Å². The lowest BCUT2D eigenvalue weighted by Gasteiger charge is -2.09. The van der Waals surface area contributed by atoms with E-state index in [2.05, 4.69) is 18.0 Å². The third-order valence-corrected chi connectivity index (χ3v) is 3.38. The standard InChI is InChI=1S/C11H15N3S/c1-9(4-5-12)15-8-10-3-2-6-14-11(10)7-13/h2-3,6,9H,4-5,8,12H2,1H3. The highest BCUT2D eigenvalue weighted by Crippen LogP contribution is 2.20. The van der Waals surface area contributed by atoms with Gasteiger partial charge >= 0.3 is 0 Å². The maximum atomic E-state index is 8.85. The number of aromatic nitrogens is 1. The van der Waals surface area contributed by atoms with Crippen molar-refractivity contribution in [3.8, 4) is 6.07 Å². The molecule has 0 saturated carbocycles. The molecule has 0 spiro atoms. The molecule has 2 N–H and O–H groups in total. The summed E-state index contributed by atoms with van der Waals surface area (Å²) in [6.45, 7) is 2.87. The molecule has 0 aromatic carbocycles. The van der Waals surface area contributed by atoms with E-state index in [0.717, 1.165) is 17.7 Å². The van der Waals surface area contributed by atoms with Gasteiger partial charge in [0.15, 0.2) is 0 Å². The predicted octanol–water partition coefficient (Wildman–Crippen LogP) is 1.92. The first-order chi connectivity index (χ1) is 7.27. The van der Waals surface area contributed by atoms with Crippen LogP contribution < -0.4 is 5.73 Å². The van der Waals surface area contributed by atoms with Crippen molar-refractivity contribution in [2.45, 2.75) is 24.3 Å². The Bertz CT molecular complexity index is 346. The number of nitriles is 1. The summed E-state index contributed by atoms with van der Waals surface area (Å²) in [7, 11) is 0.